The van der Waals surface area contributed by atoms with Gasteiger partial charge in [-0.05, 0) is 56.4 Å². The summed E-state index contributed by atoms with van der Waals surface area (Å²) in [7, 11) is 0. The molecule has 3 rings (SSSR count). The maximum Gasteiger partial charge on any atom is 0.224 e. The summed E-state index contributed by atoms with van der Waals surface area (Å²) in [6.45, 7) is 1.84. The lowest BCUT2D eigenvalue weighted by Gasteiger charge is -2.45. The van der Waals surface area contributed by atoms with Crippen LogP contribution in [0.5, 0.6) is 0 Å². The summed E-state index contributed by atoms with van der Waals surface area (Å²) in [5.41, 5.74) is 0.808. The summed E-state index contributed by atoms with van der Waals surface area (Å²) < 4.78 is 0. The fraction of sp³-hybridized carbons (Fsp3) is 0.692. The first-order chi connectivity index (χ1) is 9.11. The normalized spacial score (nSPS) is 22.3. The number of fused-ring (bicyclic) bond motifs is 1. The molecule has 104 valence electrons. The standard InChI is InChI=1S/C13H18ClN3OS/c1-8(18)13(5-3-6-13)17-11-10-9(4-2-7-19-10)15-12(14)16-11/h8,18H,2-7H2,1H3,(H,15,16,17). The second-order valence-electron chi connectivity index (χ2n) is 5.38. The molecule has 1 aromatic rings. The fourth-order valence-corrected chi connectivity index (χ4v) is 3.95. The highest BCUT2D eigenvalue weighted by atomic mass is 35.5. The van der Waals surface area contributed by atoms with E-state index in [2.05, 4.69) is 15.3 Å². The van der Waals surface area contributed by atoms with Crippen LogP contribution in [0.3, 0.4) is 0 Å². The first-order valence-electron chi connectivity index (χ1n) is 6.76. The molecule has 0 aromatic carbocycles. The molecule has 1 aliphatic heterocycles. The number of aryl methyl sites for hydroxylation is 1. The number of nitrogens with zero attached hydrogens (tertiary/aromatic N) is 2. The van der Waals surface area contributed by atoms with Crippen LogP contribution in [0.4, 0.5) is 5.82 Å². The monoisotopic (exact) mass is 299 g/mol. The second kappa shape index (κ2) is 5.11. The predicted octanol–water partition coefficient (Wildman–Crippen LogP) is 2.88. The van der Waals surface area contributed by atoms with E-state index < -0.39 is 0 Å². The predicted molar refractivity (Wildman–Crippen MR) is 78.0 cm³/mol. The van der Waals surface area contributed by atoms with Gasteiger partial charge in [-0.25, -0.2) is 4.98 Å². The van der Waals surface area contributed by atoms with E-state index in [0.717, 1.165) is 54.3 Å². The molecule has 1 fully saturated rings. The summed E-state index contributed by atoms with van der Waals surface area (Å²) in [5.74, 6) is 1.90. The molecular weight excluding hydrogens is 282 g/mol. The Morgan fingerprint density at radius 1 is 1.37 bits per heavy atom. The number of thioether (sulfide) groups is 1. The molecule has 0 saturated heterocycles. The van der Waals surface area contributed by atoms with Crippen molar-refractivity contribution in [3.8, 4) is 0 Å². The van der Waals surface area contributed by atoms with Crippen molar-refractivity contribution in [2.75, 3.05) is 11.1 Å². The van der Waals surface area contributed by atoms with E-state index in [1.807, 2.05) is 6.92 Å². The van der Waals surface area contributed by atoms with Gasteiger partial charge < -0.3 is 10.4 Å². The van der Waals surface area contributed by atoms with Crippen LogP contribution in [-0.4, -0.2) is 32.5 Å². The van der Waals surface area contributed by atoms with E-state index in [1.165, 1.54) is 0 Å². The molecule has 0 amide bonds. The van der Waals surface area contributed by atoms with Crippen molar-refractivity contribution in [2.24, 2.45) is 0 Å². The van der Waals surface area contributed by atoms with Crippen LogP contribution >= 0.6 is 23.4 Å². The van der Waals surface area contributed by atoms with Crippen LogP contribution in [0.1, 0.15) is 38.3 Å². The van der Waals surface area contributed by atoms with Crippen LogP contribution in [-0.2, 0) is 6.42 Å². The summed E-state index contributed by atoms with van der Waals surface area (Å²) >= 11 is 7.80. The Hall–Kier alpha value is -0.520. The number of rotatable bonds is 3. The Kier molecular flexibility index (Phi) is 3.62. The zero-order valence-electron chi connectivity index (χ0n) is 10.9. The molecule has 2 aliphatic rings. The van der Waals surface area contributed by atoms with Gasteiger partial charge in [-0.2, -0.15) is 4.98 Å². The van der Waals surface area contributed by atoms with Crippen LogP contribution in [0.2, 0.25) is 5.28 Å². The second-order valence-corrected chi connectivity index (χ2v) is 6.82. The molecule has 6 heteroatoms. The Balaban J connectivity index is 1.94. The number of halogens is 1. The van der Waals surface area contributed by atoms with Crippen LogP contribution < -0.4 is 5.32 Å². The Bertz CT molecular complexity index is 491. The zero-order chi connectivity index (χ0) is 13.5. The molecule has 1 aromatic heterocycles. The van der Waals surface area contributed by atoms with Crippen molar-refractivity contribution in [2.45, 2.75) is 55.6 Å². The molecule has 2 N–H and O–H groups in total. The van der Waals surface area contributed by atoms with Crippen LogP contribution in [0.25, 0.3) is 0 Å². The minimum atomic E-state index is -0.390. The van der Waals surface area contributed by atoms with Gasteiger partial charge in [0.2, 0.25) is 5.28 Å². The maximum atomic E-state index is 10.0. The quantitative estimate of drug-likeness (QED) is 0.841. The summed E-state index contributed by atoms with van der Waals surface area (Å²) in [5, 5.41) is 13.8. The minimum absolute atomic E-state index is 0.233. The van der Waals surface area contributed by atoms with Gasteiger partial charge in [0.15, 0.2) is 0 Å². The Morgan fingerprint density at radius 2 is 2.16 bits per heavy atom. The maximum absolute atomic E-state index is 10.0. The smallest absolute Gasteiger partial charge is 0.224 e. The lowest BCUT2D eigenvalue weighted by atomic mass is 9.73. The van der Waals surface area contributed by atoms with Gasteiger partial charge in [-0.3, -0.25) is 0 Å². The van der Waals surface area contributed by atoms with Gasteiger partial charge in [0, 0.05) is 0 Å². The van der Waals surface area contributed by atoms with Crippen molar-refractivity contribution in [1.82, 2.24) is 9.97 Å². The molecule has 1 atom stereocenters. The Labute approximate surface area is 122 Å². The number of hydrogen-bond acceptors (Lipinski definition) is 5. The summed E-state index contributed by atoms with van der Waals surface area (Å²) in [6, 6.07) is 0. The van der Waals surface area contributed by atoms with Crippen LogP contribution in [0, 0.1) is 0 Å². The highest BCUT2D eigenvalue weighted by Crippen LogP contribution is 2.42. The van der Waals surface area contributed by atoms with E-state index >= 15 is 0 Å². The van der Waals surface area contributed by atoms with Gasteiger partial charge in [-0.15, -0.1) is 11.8 Å². The van der Waals surface area contributed by atoms with E-state index in [4.69, 9.17) is 11.6 Å². The number of hydrogen-bond donors (Lipinski definition) is 2. The average Bonchev–Trinajstić information content (AvgIpc) is 2.32. The Morgan fingerprint density at radius 3 is 2.79 bits per heavy atom. The molecule has 1 aliphatic carbocycles. The first kappa shape index (κ1) is 13.5. The topological polar surface area (TPSA) is 58.0 Å². The largest absolute Gasteiger partial charge is 0.391 e. The van der Waals surface area contributed by atoms with E-state index in [0.29, 0.717) is 5.28 Å². The number of aliphatic hydroxyl groups is 1. The highest BCUT2D eigenvalue weighted by Gasteiger charge is 2.42. The summed E-state index contributed by atoms with van der Waals surface area (Å²) in [6.07, 6.45) is 4.80. The van der Waals surface area contributed by atoms with E-state index in [9.17, 15) is 5.11 Å². The van der Waals surface area contributed by atoms with Crippen molar-refractivity contribution < 1.29 is 5.11 Å². The molecule has 1 unspecified atom stereocenters. The van der Waals surface area contributed by atoms with E-state index in [-0.39, 0.29) is 11.6 Å². The van der Waals surface area contributed by atoms with Crippen molar-refractivity contribution >= 4 is 29.2 Å². The molecule has 2 heterocycles. The van der Waals surface area contributed by atoms with Gasteiger partial charge in [0.1, 0.15) is 5.82 Å². The number of aliphatic hydroxyl groups excluding tert-OH is 1. The minimum Gasteiger partial charge on any atom is -0.391 e. The molecule has 0 spiro atoms. The van der Waals surface area contributed by atoms with Crippen molar-refractivity contribution in [3.63, 3.8) is 0 Å². The van der Waals surface area contributed by atoms with Gasteiger partial charge in [0.25, 0.3) is 0 Å². The van der Waals surface area contributed by atoms with Crippen molar-refractivity contribution in [1.29, 1.82) is 0 Å². The number of nitrogens with one attached hydrogen (secondary N) is 1. The molecule has 0 bridgehead atoms. The van der Waals surface area contributed by atoms with Gasteiger partial charge >= 0.3 is 0 Å². The molecule has 4 nitrogen and oxygen atoms in total. The third-order valence-corrected chi connectivity index (χ3v) is 5.51. The molecule has 0 radical (unpaired) electrons. The third-order valence-electron chi connectivity index (χ3n) is 4.13. The average molecular weight is 300 g/mol. The molecule has 1 saturated carbocycles. The SMILES string of the molecule is CC(O)C1(Nc2nc(Cl)nc3c2SCCC3)CCC1. The summed E-state index contributed by atoms with van der Waals surface area (Å²) in [4.78, 5) is 9.78. The van der Waals surface area contributed by atoms with Gasteiger partial charge in [-0.1, -0.05) is 0 Å². The fourth-order valence-electron chi connectivity index (χ4n) is 2.73. The van der Waals surface area contributed by atoms with Gasteiger partial charge in [0.05, 0.1) is 22.2 Å². The van der Waals surface area contributed by atoms with E-state index in [1.54, 1.807) is 11.8 Å². The van der Waals surface area contributed by atoms with Crippen LogP contribution in [0.15, 0.2) is 4.90 Å². The molecular formula is C13H18ClN3OS. The lowest BCUT2D eigenvalue weighted by Crippen LogP contribution is -2.53. The number of aromatic nitrogens is 2. The lowest BCUT2D eigenvalue weighted by molar-refractivity contribution is 0.0631. The zero-order valence-corrected chi connectivity index (χ0v) is 12.5. The first-order valence-corrected chi connectivity index (χ1v) is 8.12. The third kappa shape index (κ3) is 2.43. The highest BCUT2D eigenvalue weighted by molar-refractivity contribution is 7.99. The van der Waals surface area contributed by atoms with Crippen molar-refractivity contribution in [3.05, 3.63) is 11.0 Å². The number of anilines is 1. The molecule has 19 heavy (non-hydrogen) atoms.